The molecule has 0 aliphatic carbocycles. The molecule has 17 heavy (non-hydrogen) atoms. The largest absolute Gasteiger partial charge is 0.439 e. The first-order valence-electron chi connectivity index (χ1n) is 4.99. The molecule has 1 aromatic carbocycles. The second-order valence-corrected chi connectivity index (χ2v) is 3.51. The Morgan fingerprint density at radius 1 is 1.29 bits per heavy atom. The molecule has 0 atom stereocenters. The summed E-state index contributed by atoms with van der Waals surface area (Å²) >= 11 is 0. The molecular weight excluding hydrogens is 219 g/mol. The highest BCUT2D eigenvalue weighted by Gasteiger charge is 2.03. The minimum Gasteiger partial charge on any atom is -0.439 e. The Morgan fingerprint density at radius 2 is 2.12 bits per heavy atom. The van der Waals surface area contributed by atoms with Gasteiger partial charge in [0.1, 0.15) is 17.6 Å². The van der Waals surface area contributed by atoms with Crippen molar-refractivity contribution in [3.8, 4) is 17.7 Å². The van der Waals surface area contributed by atoms with E-state index < -0.39 is 0 Å². The Balaban J connectivity index is 2.23. The quantitative estimate of drug-likeness (QED) is 0.792. The second kappa shape index (κ2) is 4.62. The number of rotatable bonds is 2. The number of halogens is 1. The highest BCUT2D eigenvalue weighted by atomic mass is 19.1. The zero-order valence-corrected chi connectivity index (χ0v) is 9.14. The third-order valence-corrected chi connectivity index (χ3v) is 2.22. The average Bonchev–Trinajstić information content (AvgIpc) is 2.34. The van der Waals surface area contributed by atoms with Crippen LogP contribution in [0.15, 0.2) is 36.5 Å². The van der Waals surface area contributed by atoms with Crippen molar-refractivity contribution < 1.29 is 9.13 Å². The van der Waals surface area contributed by atoms with Gasteiger partial charge in [-0.25, -0.2) is 9.37 Å². The molecule has 4 heteroatoms. The molecule has 1 aromatic heterocycles. The fourth-order valence-electron chi connectivity index (χ4n) is 1.35. The van der Waals surface area contributed by atoms with Crippen LogP contribution >= 0.6 is 0 Å². The molecule has 0 fully saturated rings. The number of hydrogen-bond donors (Lipinski definition) is 0. The monoisotopic (exact) mass is 228 g/mol. The first-order valence-corrected chi connectivity index (χ1v) is 4.99. The summed E-state index contributed by atoms with van der Waals surface area (Å²) in [4.78, 5) is 3.97. The van der Waals surface area contributed by atoms with Crippen molar-refractivity contribution in [2.45, 2.75) is 6.92 Å². The third kappa shape index (κ3) is 2.58. The van der Waals surface area contributed by atoms with Gasteiger partial charge < -0.3 is 4.74 Å². The molecule has 0 saturated heterocycles. The van der Waals surface area contributed by atoms with Crippen LogP contribution in [-0.4, -0.2) is 4.98 Å². The van der Waals surface area contributed by atoms with Crippen LogP contribution in [0, 0.1) is 24.1 Å². The van der Waals surface area contributed by atoms with Crippen molar-refractivity contribution in [1.29, 1.82) is 5.26 Å². The van der Waals surface area contributed by atoms with E-state index in [1.165, 1.54) is 18.3 Å². The van der Waals surface area contributed by atoms with Crippen LogP contribution in [0.3, 0.4) is 0 Å². The molecular formula is C13H9FN2O. The molecule has 0 N–H and O–H groups in total. The van der Waals surface area contributed by atoms with E-state index in [1.807, 2.05) is 6.07 Å². The summed E-state index contributed by atoms with van der Waals surface area (Å²) in [6.07, 6.45) is 1.42. The topological polar surface area (TPSA) is 45.9 Å². The van der Waals surface area contributed by atoms with Crippen LogP contribution < -0.4 is 4.74 Å². The van der Waals surface area contributed by atoms with Crippen molar-refractivity contribution in [1.82, 2.24) is 4.98 Å². The number of nitriles is 1. The predicted octanol–water partition coefficient (Wildman–Crippen LogP) is 3.19. The molecule has 84 valence electrons. The van der Waals surface area contributed by atoms with Gasteiger partial charge in [0.25, 0.3) is 0 Å². The van der Waals surface area contributed by atoms with Gasteiger partial charge in [0.05, 0.1) is 5.56 Å². The first-order chi connectivity index (χ1) is 8.19. The lowest BCUT2D eigenvalue weighted by Crippen LogP contribution is -1.91. The smallest absolute Gasteiger partial charge is 0.219 e. The van der Waals surface area contributed by atoms with Crippen LogP contribution in [0.2, 0.25) is 0 Å². The lowest BCUT2D eigenvalue weighted by atomic mass is 10.2. The van der Waals surface area contributed by atoms with Crippen molar-refractivity contribution in [2.24, 2.45) is 0 Å². The Morgan fingerprint density at radius 3 is 2.71 bits per heavy atom. The third-order valence-electron chi connectivity index (χ3n) is 2.22. The van der Waals surface area contributed by atoms with Crippen molar-refractivity contribution in [3.63, 3.8) is 0 Å². The molecule has 0 aliphatic rings. The van der Waals surface area contributed by atoms with E-state index in [4.69, 9.17) is 10.00 Å². The molecule has 2 rings (SSSR count). The maximum absolute atomic E-state index is 12.9. The molecule has 1 heterocycles. The van der Waals surface area contributed by atoms with Crippen LogP contribution in [0.25, 0.3) is 0 Å². The van der Waals surface area contributed by atoms with Crippen LogP contribution in [0.4, 0.5) is 4.39 Å². The Kier molecular flexibility index (Phi) is 3.01. The summed E-state index contributed by atoms with van der Waals surface area (Å²) in [5.74, 6) is 0.616. The highest BCUT2D eigenvalue weighted by Crippen LogP contribution is 2.23. The maximum Gasteiger partial charge on any atom is 0.219 e. The van der Waals surface area contributed by atoms with Gasteiger partial charge in [-0.3, -0.25) is 0 Å². The molecule has 0 radical (unpaired) electrons. The van der Waals surface area contributed by atoms with E-state index in [2.05, 4.69) is 4.98 Å². The van der Waals surface area contributed by atoms with Crippen LogP contribution in [0.5, 0.6) is 11.6 Å². The van der Waals surface area contributed by atoms with Crippen molar-refractivity contribution >= 4 is 0 Å². The van der Waals surface area contributed by atoms with Crippen LogP contribution in [0.1, 0.15) is 11.1 Å². The molecule has 0 amide bonds. The number of hydrogen-bond acceptors (Lipinski definition) is 3. The fraction of sp³-hybridized carbons (Fsp3) is 0.0769. The minimum atomic E-state index is -0.303. The number of aromatic nitrogens is 1. The van der Waals surface area contributed by atoms with E-state index in [-0.39, 0.29) is 5.82 Å². The lowest BCUT2D eigenvalue weighted by molar-refractivity contribution is 0.457. The van der Waals surface area contributed by atoms with Gasteiger partial charge in [0.15, 0.2) is 0 Å². The summed E-state index contributed by atoms with van der Waals surface area (Å²) in [5, 5.41) is 8.62. The molecule has 0 aliphatic heterocycles. The number of aryl methyl sites for hydroxylation is 1. The normalized spacial score (nSPS) is 9.71. The van der Waals surface area contributed by atoms with E-state index in [9.17, 15) is 4.39 Å². The minimum absolute atomic E-state index is 0.303. The molecule has 3 nitrogen and oxygen atoms in total. The summed E-state index contributed by atoms with van der Waals surface area (Å²) in [5.41, 5.74) is 1.16. The van der Waals surface area contributed by atoms with Crippen molar-refractivity contribution in [2.75, 3.05) is 0 Å². The van der Waals surface area contributed by atoms with Gasteiger partial charge in [0.2, 0.25) is 5.88 Å². The van der Waals surface area contributed by atoms with E-state index in [0.29, 0.717) is 22.8 Å². The molecule has 0 bridgehead atoms. The SMILES string of the molecule is Cc1cc(F)ccc1Oc1ccc(C#N)cn1. The lowest BCUT2D eigenvalue weighted by Gasteiger charge is -2.07. The number of benzene rings is 1. The molecule has 0 spiro atoms. The number of nitrogens with zero attached hydrogens (tertiary/aromatic N) is 2. The standard InChI is InChI=1S/C13H9FN2O/c1-9-6-11(14)3-4-12(9)17-13-5-2-10(7-15)8-16-13/h2-6,8H,1H3. The summed E-state index contributed by atoms with van der Waals surface area (Å²) in [6, 6.07) is 9.44. The second-order valence-electron chi connectivity index (χ2n) is 3.51. The number of ether oxygens (including phenoxy) is 1. The zero-order chi connectivity index (χ0) is 12.3. The van der Waals surface area contributed by atoms with Crippen LogP contribution in [-0.2, 0) is 0 Å². The molecule has 0 unspecified atom stereocenters. The van der Waals surface area contributed by atoms with E-state index in [1.54, 1.807) is 25.1 Å². The van der Waals surface area contributed by atoms with Gasteiger partial charge in [-0.1, -0.05) is 0 Å². The van der Waals surface area contributed by atoms with E-state index in [0.717, 1.165) is 0 Å². The zero-order valence-electron chi connectivity index (χ0n) is 9.14. The summed E-state index contributed by atoms with van der Waals surface area (Å²) < 4.78 is 18.4. The predicted molar refractivity (Wildman–Crippen MR) is 60.2 cm³/mol. The Labute approximate surface area is 98.1 Å². The summed E-state index contributed by atoms with van der Waals surface area (Å²) in [7, 11) is 0. The Bertz CT molecular complexity index is 573. The summed E-state index contributed by atoms with van der Waals surface area (Å²) in [6.45, 7) is 1.75. The molecule has 2 aromatic rings. The van der Waals surface area contributed by atoms with Gasteiger partial charge >= 0.3 is 0 Å². The van der Waals surface area contributed by atoms with Gasteiger partial charge in [-0.2, -0.15) is 5.26 Å². The van der Waals surface area contributed by atoms with Gasteiger partial charge in [0, 0.05) is 12.3 Å². The van der Waals surface area contributed by atoms with Gasteiger partial charge in [-0.05, 0) is 36.8 Å². The highest BCUT2D eigenvalue weighted by molar-refractivity contribution is 5.36. The van der Waals surface area contributed by atoms with E-state index >= 15 is 0 Å². The van der Waals surface area contributed by atoms with Crippen molar-refractivity contribution in [3.05, 3.63) is 53.5 Å². The first kappa shape index (κ1) is 11.1. The Hall–Kier alpha value is -2.41. The number of pyridine rings is 1. The maximum atomic E-state index is 12.9. The van der Waals surface area contributed by atoms with Gasteiger partial charge in [-0.15, -0.1) is 0 Å². The fourth-order valence-corrected chi connectivity index (χ4v) is 1.35. The molecule has 0 saturated carbocycles. The average molecular weight is 228 g/mol.